The first-order chi connectivity index (χ1) is 14.4. The van der Waals surface area contributed by atoms with E-state index in [1.54, 1.807) is 12.4 Å². The van der Waals surface area contributed by atoms with Crippen molar-refractivity contribution in [3.05, 3.63) is 59.0 Å². The standard InChI is InChI=1S/C18H20ClN5O2.C2H4O2/c19-14-3-1-2-13(8-14)11-24-7-6-16(12-24)22-17-10-20-15(9-21-17)4-5-18(25)23-26;1-2(3)4/h1-5,8-10,16,26H,6-7,11-12H2,(H,21,22)(H,23,25);1H3,(H,3,4)/b5-4+;/t16-;/m1./s1. The van der Waals surface area contributed by atoms with Crippen molar-refractivity contribution in [2.24, 2.45) is 0 Å². The van der Waals surface area contributed by atoms with Crippen molar-refractivity contribution in [1.82, 2.24) is 20.3 Å². The third kappa shape index (κ3) is 8.56. The summed E-state index contributed by atoms with van der Waals surface area (Å²) in [5, 5.41) is 20.0. The summed E-state index contributed by atoms with van der Waals surface area (Å²) in [6.45, 7) is 3.89. The Labute approximate surface area is 179 Å². The molecule has 0 radical (unpaired) electrons. The molecular formula is C20H24ClN5O4. The second kappa shape index (κ2) is 11.9. The second-order valence-electron chi connectivity index (χ2n) is 6.65. The third-order valence-electron chi connectivity index (χ3n) is 4.11. The van der Waals surface area contributed by atoms with Crippen molar-refractivity contribution >= 4 is 35.4 Å². The number of nitrogens with one attached hydrogen (secondary N) is 2. The molecule has 0 unspecified atom stereocenters. The van der Waals surface area contributed by atoms with Gasteiger partial charge in [0.1, 0.15) is 5.82 Å². The largest absolute Gasteiger partial charge is 0.481 e. The Morgan fingerprint density at radius 2 is 2.10 bits per heavy atom. The molecule has 0 spiro atoms. The molecule has 1 aliphatic heterocycles. The monoisotopic (exact) mass is 433 g/mol. The molecule has 1 atom stereocenters. The van der Waals surface area contributed by atoms with Crippen molar-refractivity contribution in [2.45, 2.75) is 25.9 Å². The van der Waals surface area contributed by atoms with Gasteiger partial charge < -0.3 is 10.4 Å². The molecule has 1 aromatic carbocycles. The minimum Gasteiger partial charge on any atom is -0.481 e. The summed E-state index contributed by atoms with van der Waals surface area (Å²) in [5.74, 6) is -0.747. The lowest BCUT2D eigenvalue weighted by Crippen LogP contribution is -2.26. The number of aromatic nitrogens is 2. The number of carboxylic acid groups (broad SMARTS) is 1. The van der Waals surface area contributed by atoms with Gasteiger partial charge in [-0.3, -0.25) is 24.7 Å². The molecule has 2 aromatic rings. The number of likely N-dealkylation sites (tertiary alicyclic amines) is 1. The lowest BCUT2D eigenvalue weighted by molar-refractivity contribution is -0.134. The molecule has 3 rings (SSSR count). The van der Waals surface area contributed by atoms with Crippen LogP contribution in [-0.4, -0.2) is 56.2 Å². The number of hydroxylamine groups is 1. The molecule has 1 amide bonds. The Balaban J connectivity index is 0.000000735. The molecule has 0 aliphatic carbocycles. The highest BCUT2D eigenvalue weighted by molar-refractivity contribution is 6.30. The zero-order chi connectivity index (χ0) is 21.9. The molecule has 30 heavy (non-hydrogen) atoms. The van der Waals surface area contributed by atoms with Crippen LogP contribution in [0.3, 0.4) is 0 Å². The maximum Gasteiger partial charge on any atom is 0.300 e. The quantitative estimate of drug-likeness (QED) is 0.310. The van der Waals surface area contributed by atoms with Crippen LogP contribution in [0, 0.1) is 0 Å². The molecule has 4 N–H and O–H groups in total. The average molecular weight is 434 g/mol. The van der Waals surface area contributed by atoms with Crippen LogP contribution in [0.1, 0.15) is 24.6 Å². The van der Waals surface area contributed by atoms with Crippen LogP contribution in [0.4, 0.5) is 5.82 Å². The summed E-state index contributed by atoms with van der Waals surface area (Å²) in [7, 11) is 0. The number of hydrogen-bond acceptors (Lipinski definition) is 7. The number of anilines is 1. The summed E-state index contributed by atoms with van der Waals surface area (Å²) in [6, 6.07) is 8.25. The van der Waals surface area contributed by atoms with Crippen molar-refractivity contribution in [1.29, 1.82) is 0 Å². The number of amides is 1. The smallest absolute Gasteiger partial charge is 0.300 e. The summed E-state index contributed by atoms with van der Waals surface area (Å²) >= 11 is 6.04. The number of halogens is 1. The molecule has 0 bridgehead atoms. The second-order valence-corrected chi connectivity index (χ2v) is 7.09. The summed E-state index contributed by atoms with van der Waals surface area (Å²) in [6.07, 6.45) is 6.89. The molecule has 0 saturated carbocycles. The number of carboxylic acids is 1. The van der Waals surface area contributed by atoms with Gasteiger partial charge in [0.2, 0.25) is 0 Å². The first-order valence-corrected chi connectivity index (χ1v) is 9.60. The Hall–Kier alpha value is -3.01. The Morgan fingerprint density at radius 1 is 1.33 bits per heavy atom. The van der Waals surface area contributed by atoms with Crippen molar-refractivity contribution in [3.63, 3.8) is 0 Å². The van der Waals surface area contributed by atoms with Gasteiger partial charge in [-0.25, -0.2) is 10.5 Å². The van der Waals surface area contributed by atoms with Gasteiger partial charge in [0, 0.05) is 43.7 Å². The van der Waals surface area contributed by atoms with Gasteiger partial charge >= 0.3 is 0 Å². The highest BCUT2D eigenvalue weighted by Crippen LogP contribution is 2.18. The Bertz CT molecular complexity index is 872. The first kappa shape index (κ1) is 23.3. The zero-order valence-electron chi connectivity index (χ0n) is 16.5. The zero-order valence-corrected chi connectivity index (χ0v) is 17.2. The van der Waals surface area contributed by atoms with Crippen LogP contribution in [0.15, 0.2) is 42.7 Å². The maximum absolute atomic E-state index is 10.9. The van der Waals surface area contributed by atoms with Crippen molar-refractivity contribution in [3.8, 4) is 0 Å². The summed E-state index contributed by atoms with van der Waals surface area (Å²) in [4.78, 5) is 30.9. The molecular weight excluding hydrogens is 410 g/mol. The number of aliphatic carboxylic acids is 1. The van der Waals surface area contributed by atoms with Crippen molar-refractivity contribution in [2.75, 3.05) is 18.4 Å². The molecule has 2 heterocycles. The molecule has 1 aliphatic rings. The summed E-state index contributed by atoms with van der Waals surface area (Å²) < 4.78 is 0. The highest BCUT2D eigenvalue weighted by atomic mass is 35.5. The van der Waals surface area contributed by atoms with E-state index in [1.165, 1.54) is 23.2 Å². The van der Waals surface area contributed by atoms with Gasteiger partial charge in [-0.2, -0.15) is 0 Å². The SMILES string of the molecule is CC(=O)O.O=C(/C=C/c1cnc(N[C@@H]2CCN(Cc3cccc(Cl)c3)C2)cn1)NO. The molecule has 1 aromatic heterocycles. The van der Waals surface area contributed by atoms with Crippen molar-refractivity contribution < 1.29 is 19.9 Å². The lowest BCUT2D eigenvalue weighted by Gasteiger charge is -2.17. The van der Waals surface area contributed by atoms with Crippen LogP contribution >= 0.6 is 11.6 Å². The fourth-order valence-electron chi connectivity index (χ4n) is 2.89. The number of carbonyl (C=O) groups is 2. The van der Waals surface area contributed by atoms with E-state index in [0.717, 1.165) is 38.0 Å². The number of rotatable bonds is 6. The number of carbonyl (C=O) groups excluding carboxylic acids is 1. The number of benzene rings is 1. The fourth-order valence-corrected chi connectivity index (χ4v) is 3.11. The van der Waals surface area contributed by atoms with E-state index < -0.39 is 11.9 Å². The van der Waals surface area contributed by atoms with Gasteiger partial charge in [0.25, 0.3) is 11.9 Å². The fraction of sp³-hybridized carbons (Fsp3) is 0.300. The molecule has 10 heteroatoms. The Morgan fingerprint density at radius 3 is 2.73 bits per heavy atom. The minimum atomic E-state index is -0.833. The van der Waals surface area contributed by atoms with Gasteiger partial charge in [0.15, 0.2) is 0 Å². The minimum absolute atomic E-state index is 0.310. The van der Waals surface area contributed by atoms with E-state index in [0.29, 0.717) is 17.6 Å². The van der Waals surface area contributed by atoms with E-state index in [9.17, 15) is 4.79 Å². The predicted octanol–water partition coefficient (Wildman–Crippen LogP) is 2.43. The van der Waals surface area contributed by atoms with Gasteiger partial charge in [-0.1, -0.05) is 23.7 Å². The highest BCUT2D eigenvalue weighted by Gasteiger charge is 2.22. The third-order valence-corrected chi connectivity index (χ3v) is 4.34. The Kier molecular flexibility index (Phi) is 9.20. The number of nitrogens with zero attached hydrogens (tertiary/aromatic N) is 3. The van der Waals surface area contributed by atoms with E-state index in [-0.39, 0.29) is 0 Å². The van der Waals surface area contributed by atoms with Crippen LogP contribution in [0.5, 0.6) is 0 Å². The molecule has 160 valence electrons. The topological polar surface area (TPSA) is 128 Å². The van der Waals surface area contributed by atoms with E-state index >= 15 is 0 Å². The van der Waals surface area contributed by atoms with E-state index in [4.69, 9.17) is 26.7 Å². The first-order valence-electron chi connectivity index (χ1n) is 9.22. The summed E-state index contributed by atoms with van der Waals surface area (Å²) in [5.41, 5.74) is 3.27. The maximum atomic E-state index is 10.9. The van der Waals surface area contributed by atoms with Crippen LogP contribution < -0.4 is 10.8 Å². The molecule has 1 saturated heterocycles. The lowest BCUT2D eigenvalue weighted by atomic mass is 10.2. The molecule has 9 nitrogen and oxygen atoms in total. The molecule has 1 fully saturated rings. The van der Waals surface area contributed by atoms with Gasteiger partial charge in [0.05, 0.1) is 18.1 Å². The van der Waals surface area contributed by atoms with Gasteiger partial charge in [-0.15, -0.1) is 0 Å². The van der Waals surface area contributed by atoms with E-state index in [2.05, 4.69) is 26.3 Å². The normalized spacial score (nSPS) is 16.0. The average Bonchev–Trinajstić information content (AvgIpc) is 3.13. The van der Waals surface area contributed by atoms with Crippen LogP contribution in [0.25, 0.3) is 6.08 Å². The predicted molar refractivity (Wildman–Crippen MR) is 113 cm³/mol. The van der Waals surface area contributed by atoms with Gasteiger partial charge in [-0.05, 0) is 30.2 Å². The van der Waals surface area contributed by atoms with E-state index in [1.807, 2.05) is 18.2 Å². The van der Waals surface area contributed by atoms with Crippen LogP contribution in [-0.2, 0) is 16.1 Å². The van der Waals surface area contributed by atoms with Crippen LogP contribution in [0.2, 0.25) is 5.02 Å². The number of hydrogen-bond donors (Lipinski definition) is 4.